The lowest BCUT2D eigenvalue weighted by molar-refractivity contribution is 0.0784. The van der Waals surface area contributed by atoms with Gasteiger partial charge in [0.05, 0.1) is 11.4 Å². The summed E-state index contributed by atoms with van der Waals surface area (Å²) in [5, 5.41) is 0. The smallest absolute Gasteiger partial charge is 0.253 e. The molecule has 0 N–H and O–H groups in total. The number of hydrogen-bond acceptors (Lipinski definition) is 3. The molecular weight excluding hydrogens is 355 g/mol. The summed E-state index contributed by atoms with van der Waals surface area (Å²) in [6.07, 6.45) is 1.45. The molecular formula is C19H21FN2O3S. The molecule has 7 heteroatoms. The summed E-state index contributed by atoms with van der Waals surface area (Å²) in [7, 11) is -1.74. The summed E-state index contributed by atoms with van der Waals surface area (Å²) < 4.78 is 39.7. The Morgan fingerprint density at radius 3 is 2.65 bits per heavy atom. The number of nitrogens with zero attached hydrogens (tertiary/aromatic N) is 2. The maximum absolute atomic E-state index is 13.8. The van der Waals surface area contributed by atoms with E-state index >= 15 is 0 Å². The molecule has 1 saturated heterocycles. The highest BCUT2D eigenvalue weighted by Crippen LogP contribution is 2.25. The molecule has 1 fully saturated rings. The molecule has 1 amide bonds. The van der Waals surface area contributed by atoms with Crippen LogP contribution in [-0.2, 0) is 16.6 Å². The van der Waals surface area contributed by atoms with Crippen molar-refractivity contribution in [2.75, 3.05) is 23.7 Å². The predicted molar refractivity (Wildman–Crippen MR) is 99.0 cm³/mol. The molecule has 0 saturated carbocycles. The van der Waals surface area contributed by atoms with Gasteiger partial charge in [-0.3, -0.25) is 9.10 Å². The summed E-state index contributed by atoms with van der Waals surface area (Å²) in [6, 6.07) is 12.9. The normalized spacial score (nSPS) is 16.3. The second-order valence-corrected chi connectivity index (χ2v) is 8.41. The molecule has 0 radical (unpaired) electrons. The monoisotopic (exact) mass is 376 g/mol. The number of amides is 1. The van der Waals surface area contributed by atoms with E-state index in [0.717, 1.165) is 6.42 Å². The molecule has 1 aliphatic heterocycles. The van der Waals surface area contributed by atoms with Crippen LogP contribution in [0.25, 0.3) is 0 Å². The van der Waals surface area contributed by atoms with Gasteiger partial charge in [-0.25, -0.2) is 12.8 Å². The maximum Gasteiger partial charge on any atom is 0.253 e. The Labute approximate surface area is 153 Å². The molecule has 0 unspecified atom stereocenters. The highest BCUT2D eigenvalue weighted by Gasteiger charge is 2.26. The first-order valence-electron chi connectivity index (χ1n) is 8.48. The van der Waals surface area contributed by atoms with Crippen LogP contribution in [0.3, 0.4) is 0 Å². The van der Waals surface area contributed by atoms with E-state index in [9.17, 15) is 17.6 Å². The Hall–Kier alpha value is -2.41. The Morgan fingerprint density at radius 2 is 1.92 bits per heavy atom. The van der Waals surface area contributed by atoms with E-state index in [1.807, 2.05) is 0 Å². The summed E-state index contributed by atoms with van der Waals surface area (Å²) in [4.78, 5) is 14.1. The van der Waals surface area contributed by atoms with Crippen molar-refractivity contribution in [2.24, 2.45) is 0 Å². The van der Waals surface area contributed by atoms with Gasteiger partial charge in [0.2, 0.25) is 10.0 Å². The quantitative estimate of drug-likeness (QED) is 0.824. The van der Waals surface area contributed by atoms with Crippen molar-refractivity contribution >= 4 is 21.6 Å². The highest BCUT2D eigenvalue weighted by molar-refractivity contribution is 7.92. The minimum atomic E-state index is -3.33. The van der Waals surface area contributed by atoms with Crippen molar-refractivity contribution < 1.29 is 17.6 Å². The molecule has 1 aliphatic rings. The van der Waals surface area contributed by atoms with Gasteiger partial charge in [-0.2, -0.15) is 0 Å². The van der Waals surface area contributed by atoms with E-state index in [-0.39, 0.29) is 24.0 Å². The SMILES string of the molecule is CN(Cc1ccccc1F)C(=O)c1cccc(N2CCCCS2(=O)=O)c1. The average molecular weight is 376 g/mol. The minimum absolute atomic E-state index is 0.123. The summed E-state index contributed by atoms with van der Waals surface area (Å²) in [5.41, 5.74) is 1.30. The lowest BCUT2D eigenvalue weighted by Gasteiger charge is -2.28. The van der Waals surface area contributed by atoms with Gasteiger partial charge in [0.25, 0.3) is 5.91 Å². The first kappa shape index (κ1) is 18.4. The highest BCUT2D eigenvalue weighted by atomic mass is 32.2. The average Bonchev–Trinajstić information content (AvgIpc) is 2.62. The van der Waals surface area contributed by atoms with E-state index in [1.165, 1.54) is 15.3 Å². The van der Waals surface area contributed by atoms with Crippen molar-refractivity contribution in [3.63, 3.8) is 0 Å². The van der Waals surface area contributed by atoms with Gasteiger partial charge < -0.3 is 4.90 Å². The first-order chi connectivity index (χ1) is 12.4. The van der Waals surface area contributed by atoms with Gasteiger partial charge in [0.15, 0.2) is 0 Å². The molecule has 138 valence electrons. The fraction of sp³-hybridized carbons (Fsp3) is 0.316. The zero-order valence-corrected chi connectivity index (χ0v) is 15.4. The van der Waals surface area contributed by atoms with E-state index in [4.69, 9.17) is 0 Å². The molecule has 0 spiro atoms. The summed E-state index contributed by atoms with van der Waals surface area (Å²) in [5.74, 6) is -0.525. The maximum atomic E-state index is 13.8. The van der Waals surface area contributed by atoms with Crippen molar-refractivity contribution in [3.05, 3.63) is 65.5 Å². The van der Waals surface area contributed by atoms with Crippen LogP contribution in [-0.4, -0.2) is 38.6 Å². The van der Waals surface area contributed by atoms with Crippen LogP contribution in [0.15, 0.2) is 48.5 Å². The number of halogens is 1. The molecule has 2 aromatic rings. The van der Waals surface area contributed by atoms with Crippen molar-refractivity contribution in [1.82, 2.24) is 4.90 Å². The lowest BCUT2D eigenvalue weighted by atomic mass is 10.1. The van der Waals surface area contributed by atoms with Crippen LogP contribution in [0.2, 0.25) is 0 Å². The van der Waals surface area contributed by atoms with Gasteiger partial charge in [-0.05, 0) is 37.1 Å². The number of anilines is 1. The number of sulfonamides is 1. The third-order valence-electron chi connectivity index (χ3n) is 4.44. The van der Waals surface area contributed by atoms with E-state index in [2.05, 4.69) is 0 Å². The van der Waals surface area contributed by atoms with Gasteiger partial charge in [0, 0.05) is 31.3 Å². The molecule has 0 atom stereocenters. The summed E-state index contributed by atoms with van der Waals surface area (Å²) >= 11 is 0. The standard InChI is InChI=1S/C19H21FN2O3S/c1-21(14-16-7-2-3-10-18(16)20)19(23)15-8-6-9-17(13-15)22-11-4-5-12-26(22,24)25/h2-3,6-10,13H,4-5,11-12,14H2,1H3. The fourth-order valence-electron chi connectivity index (χ4n) is 3.05. The predicted octanol–water partition coefficient (Wildman–Crippen LogP) is 3.03. The molecule has 5 nitrogen and oxygen atoms in total. The Balaban J connectivity index is 1.81. The van der Waals surface area contributed by atoms with E-state index in [0.29, 0.717) is 29.8 Å². The second-order valence-electron chi connectivity index (χ2n) is 6.40. The number of benzene rings is 2. The van der Waals surface area contributed by atoms with Crippen LogP contribution in [0.1, 0.15) is 28.8 Å². The number of carbonyl (C=O) groups is 1. The number of rotatable bonds is 4. The minimum Gasteiger partial charge on any atom is -0.337 e. The van der Waals surface area contributed by atoms with Gasteiger partial charge in [-0.1, -0.05) is 24.3 Å². The lowest BCUT2D eigenvalue weighted by Crippen LogP contribution is -2.38. The van der Waals surface area contributed by atoms with E-state index in [1.54, 1.807) is 49.5 Å². The topological polar surface area (TPSA) is 57.7 Å². The van der Waals surface area contributed by atoms with E-state index < -0.39 is 10.0 Å². The molecule has 26 heavy (non-hydrogen) atoms. The zero-order chi connectivity index (χ0) is 18.7. The van der Waals surface area contributed by atoms with Crippen molar-refractivity contribution in [1.29, 1.82) is 0 Å². The van der Waals surface area contributed by atoms with Crippen molar-refractivity contribution in [3.8, 4) is 0 Å². The Kier molecular flexibility index (Phi) is 5.27. The Bertz CT molecular complexity index is 915. The molecule has 0 bridgehead atoms. The van der Waals surface area contributed by atoms with Crippen LogP contribution in [0.4, 0.5) is 10.1 Å². The fourth-order valence-corrected chi connectivity index (χ4v) is 4.68. The van der Waals surface area contributed by atoms with Gasteiger partial charge in [0.1, 0.15) is 5.82 Å². The van der Waals surface area contributed by atoms with Crippen LogP contribution in [0.5, 0.6) is 0 Å². The third kappa shape index (κ3) is 3.88. The molecule has 0 aliphatic carbocycles. The van der Waals surface area contributed by atoms with Crippen molar-refractivity contribution in [2.45, 2.75) is 19.4 Å². The molecule has 2 aromatic carbocycles. The molecule has 0 aromatic heterocycles. The number of hydrogen-bond donors (Lipinski definition) is 0. The van der Waals surface area contributed by atoms with Crippen LogP contribution < -0.4 is 4.31 Å². The Morgan fingerprint density at radius 1 is 1.15 bits per heavy atom. The first-order valence-corrected chi connectivity index (χ1v) is 10.1. The largest absolute Gasteiger partial charge is 0.337 e. The zero-order valence-electron chi connectivity index (χ0n) is 14.6. The van der Waals surface area contributed by atoms with Gasteiger partial charge in [-0.15, -0.1) is 0 Å². The van der Waals surface area contributed by atoms with Crippen LogP contribution >= 0.6 is 0 Å². The summed E-state index contributed by atoms with van der Waals surface area (Å²) in [6.45, 7) is 0.558. The third-order valence-corrected chi connectivity index (χ3v) is 6.31. The van der Waals surface area contributed by atoms with Crippen LogP contribution in [0, 0.1) is 5.82 Å². The number of carbonyl (C=O) groups excluding carboxylic acids is 1. The molecule has 3 rings (SSSR count). The molecule has 1 heterocycles. The second kappa shape index (κ2) is 7.45. The van der Waals surface area contributed by atoms with Gasteiger partial charge >= 0.3 is 0 Å².